The minimum Gasteiger partial charge on any atom is -0.347 e. The first kappa shape index (κ1) is 18.2. The predicted molar refractivity (Wildman–Crippen MR) is 104 cm³/mol. The molecule has 3 rings (SSSR count). The monoisotopic (exact) mass is 386 g/mol. The molecule has 0 radical (unpaired) electrons. The Balaban J connectivity index is 1.75. The highest BCUT2D eigenvalue weighted by Crippen LogP contribution is 2.24. The van der Waals surface area contributed by atoms with Gasteiger partial charge in [0.15, 0.2) is 0 Å². The van der Waals surface area contributed by atoms with Gasteiger partial charge in [0.2, 0.25) is 0 Å². The van der Waals surface area contributed by atoms with Crippen LogP contribution >= 0.6 is 23.2 Å². The molecule has 2 N–H and O–H groups in total. The molecule has 0 aliphatic carbocycles. The molecule has 0 aliphatic rings. The maximum absolute atomic E-state index is 12.4. The van der Waals surface area contributed by atoms with Crippen LogP contribution in [0.15, 0.2) is 54.6 Å². The Morgan fingerprint density at radius 1 is 1.00 bits per heavy atom. The molecule has 0 bridgehead atoms. The lowest BCUT2D eigenvalue weighted by Gasteiger charge is -2.10. The molecule has 26 heavy (non-hydrogen) atoms. The van der Waals surface area contributed by atoms with Crippen LogP contribution in [-0.2, 0) is 6.54 Å². The third-order valence-electron chi connectivity index (χ3n) is 3.50. The van der Waals surface area contributed by atoms with Gasteiger partial charge in [-0.25, -0.2) is 9.97 Å². The second-order valence-corrected chi connectivity index (χ2v) is 6.51. The van der Waals surface area contributed by atoms with Crippen molar-refractivity contribution in [2.24, 2.45) is 0 Å². The number of carbonyl (C=O) groups is 1. The molecule has 1 aromatic heterocycles. The van der Waals surface area contributed by atoms with Gasteiger partial charge in [-0.05, 0) is 30.7 Å². The van der Waals surface area contributed by atoms with Crippen LogP contribution in [0.2, 0.25) is 10.0 Å². The molecule has 5 nitrogen and oxygen atoms in total. The third kappa shape index (κ3) is 4.94. The Hall–Kier alpha value is -2.63. The van der Waals surface area contributed by atoms with Gasteiger partial charge < -0.3 is 10.6 Å². The van der Waals surface area contributed by atoms with Gasteiger partial charge in [0.25, 0.3) is 5.91 Å². The van der Waals surface area contributed by atoms with Crippen LogP contribution in [0.25, 0.3) is 0 Å². The van der Waals surface area contributed by atoms with Crippen LogP contribution in [0.4, 0.5) is 11.5 Å². The summed E-state index contributed by atoms with van der Waals surface area (Å²) in [6.07, 6.45) is 0. The van der Waals surface area contributed by atoms with Crippen molar-refractivity contribution in [2.45, 2.75) is 13.5 Å². The van der Waals surface area contributed by atoms with E-state index in [2.05, 4.69) is 20.6 Å². The van der Waals surface area contributed by atoms with Crippen molar-refractivity contribution in [3.63, 3.8) is 0 Å². The molecule has 0 fully saturated rings. The highest BCUT2D eigenvalue weighted by atomic mass is 35.5. The van der Waals surface area contributed by atoms with E-state index < -0.39 is 0 Å². The SMILES string of the molecule is Cc1nc(Nc2cc(Cl)cc(Cl)c2)cc(C(=O)NCc2ccccc2)n1. The molecule has 1 amide bonds. The van der Waals surface area contributed by atoms with Crippen LogP contribution in [0.1, 0.15) is 21.9 Å². The summed E-state index contributed by atoms with van der Waals surface area (Å²) in [5.74, 6) is 0.695. The van der Waals surface area contributed by atoms with E-state index in [9.17, 15) is 4.79 Å². The lowest BCUT2D eigenvalue weighted by Crippen LogP contribution is -2.24. The number of hydrogen-bond donors (Lipinski definition) is 2. The second-order valence-electron chi connectivity index (χ2n) is 5.64. The fourth-order valence-corrected chi connectivity index (χ4v) is 2.92. The van der Waals surface area contributed by atoms with Crippen molar-refractivity contribution < 1.29 is 4.79 Å². The van der Waals surface area contributed by atoms with Crippen LogP contribution in [0.5, 0.6) is 0 Å². The van der Waals surface area contributed by atoms with Crippen LogP contribution in [0.3, 0.4) is 0 Å². The summed E-state index contributed by atoms with van der Waals surface area (Å²) in [5.41, 5.74) is 1.97. The molecule has 3 aromatic rings. The van der Waals surface area contributed by atoms with Crippen molar-refractivity contribution >= 4 is 40.6 Å². The largest absolute Gasteiger partial charge is 0.347 e. The van der Waals surface area contributed by atoms with E-state index >= 15 is 0 Å². The van der Waals surface area contributed by atoms with E-state index in [1.54, 1.807) is 31.2 Å². The number of rotatable bonds is 5. The Kier molecular flexibility index (Phi) is 5.71. The first-order valence-electron chi connectivity index (χ1n) is 7.90. The fourth-order valence-electron chi connectivity index (χ4n) is 2.39. The van der Waals surface area contributed by atoms with Gasteiger partial charge in [-0.15, -0.1) is 0 Å². The molecule has 7 heteroatoms. The quantitative estimate of drug-likeness (QED) is 0.662. The zero-order valence-corrected chi connectivity index (χ0v) is 15.5. The summed E-state index contributed by atoms with van der Waals surface area (Å²) in [7, 11) is 0. The summed E-state index contributed by atoms with van der Waals surface area (Å²) in [4.78, 5) is 20.9. The lowest BCUT2D eigenvalue weighted by atomic mass is 10.2. The van der Waals surface area contributed by atoms with Crippen molar-refractivity contribution in [1.82, 2.24) is 15.3 Å². The first-order chi connectivity index (χ1) is 12.5. The summed E-state index contributed by atoms with van der Waals surface area (Å²) in [6.45, 7) is 2.15. The topological polar surface area (TPSA) is 66.9 Å². The van der Waals surface area contributed by atoms with E-state index in [0.29, 0.717) is 33.9 Å². The van der Waals surface area contributed by atoms with E-state index in [1.807, 2.05) is 30.3 Å². The number of amides is 1. The average Bonchev–Trinajstić information content (AvgIpc) is 2.59. The van der Waals surface area contributed by atoms with Crippen LogP contribution in [-0.4, -0.2) is 15.9 Å². The number of anilines is 2. The number of nitrogens with one attached hydrogen (secondary N) is 2. The smallest absolute Gasteiger partial charge is 0.270 e. The highest BCUT2D eigenvalue weighted by molar-refractivity contribution is 6.35. The minimum atomic E-state index is -0.272. The average molecular weight is 387 g/mol. The van der Waals surface area contributed by atoms with Crippen molar-refractivity contribution in [3.8, 4) is 0 Å². The molecule has 0 unspecified atom stereocenters. The van der Waals surface area contributed by atoms with E-state index in [0.717, 1.165) is 5.56 Å². The normalized spacial score (nSPS) is 10.4. The van der Waals surface area contributed by atoms with Crippen molar-refractivity contribution in [3.05, 3.63) is 81.7 Å². The van der Waals surface area contributed by atoms with Crippen molar-refractivity contribution in [1.29, 1.82) is 0 Å². The number of carbonyl (C=O) groups excluding carboxylic acids is 1. The number of nitrogens with zero attached hydrogens (tertiary/aromatic N) is 2. The number of aromatic nitrogens is 2. The van der Waals surface area contributed by atoms with Gasteiger partial charge in [-0.2, -0.15) is 0 Å². The van der Waals surface area contributed by atoms with E-state index in [4.69, 9.17) is 23.2 Å². The maximum atomic E-state index is 12.4. The molecule has 2 aromatic carbocycles. The molecule has 132 valence electrons. The Labute approximate surface area is 161 Å². The Morgan fingerprint density at radius 2 is 1.69 bits per heavy atom. The zero-order valence-electron chi connectivity index (χ0n) is 14.0. The highest BCUT2D eigenvalue weighted by Gasteiger charge is 2.11. The fraction of sp³-hybridized carbons (Fsp3) is 0.105. The Bertz CT molecular complexity index is 912. The molecule has 0 saturated heterocycles. The van der Waals surface area contributed by atoms with Crippen LogP contribution < -0.4 is 10.6 Å². The molecular formula is C19H16Cl2N4O. The first-order valence-corrected chi connectivity index (χ1v) is 8.66. The molecule has 1 heterocycles. The standard InChI is InChI=1S/C19H16Cl2N4O/c1-12-23-17(19(26)22-11-13-5-3-2-4-6-13)10-18(24-12)25-16-8-14(20)7-15(21)9-16/h2-10H,11H2,1H3,(H,22,26)(H,23,24,25). The molecular weight excluding hydrogens is 371 g/mol. The number of halogens is 2. The predicted octanol–water partition coefficient (Wildman–Crippen LogP) is 4.77. The van der Waals surface area contributed by atoms with Gasteiger partial charge >= 0.3 is 0 Å². The van der Waals surface area contributed by atoms with Crippen LogP contribution in [0, 0.1) is 6.92 Å². The van der Waals surface area contributed by atoms with Gasteiger partial charge in [-0.3, -0.25) is 4.79 Å². The van der Waals surface area contributed by atoms with Gasteiger partial charge in [0.1, 0.15) is 17.3 Å². The molecule has 0 aliphatic heterocycles. The minimum absolute atomic E-state index is 0.272. The van der Waals surface area contributed by atoms with Crippen molar-refractivity contribution in [2.75, 3.05) is 5.32 Å². The number of aryl methyl sites for hydroxylation is 1. The lowest BCUT2D eigenvalue weighted by molar-refractivity contribution is 0.0945. The third-order valence-corrected chi connectivity index (χ3v) is 3.94. The summed E-state index contributed by atoms with van der Waals surface area (Å²) in [6, 6.07) is 16.3. The Morgan fingerprint density at radius 3 is 2.38 bits per heavy atom. The zero-order chi connectivity index (χ0) is 18.5. The molecule has 0 spiro atoms. The van der Waals surface area contributed by atoms with E-state index in [-0.39, 0.29) is 11.6 Å². The van der Waals surface area contributed by atoms with Gasteiger partial charge in [-0.1, -0.05) is 53.5 Å². The number of benzene rings is 2. The van der Waals surface area contributed by atoms with Gasteiger partial charge in [0.05, 0.1) is 0 Å². The summed E-state index contributed by atoms with van der Waals surface area (Å²) >= 11 is 12.0. The molecule has 0 saturated carbocycles. The maximum Gasteiger partial charge on any atom is 0.270 e. The summed E-state index contributed by atoms with van der Waals surface area (Å²) < 4.78 is 0. The number of hydrogen-bond acceptors (Lipinski definition) is 4. The summed E-state index contributed by atoms with van der Waals surface area (Å²) in [5, 5.41) is 6.96. The van der Waals surface area contributed by atoms with E-state index in [1.165, 1.54) is 0 Å². The van der Waals surface area contributed by atoms with Gasteiger partial charge in [0, 0.05) is 28.3 Å². The second kappa shape index (κ2) is 8.17. The molecule has 0 atom stereocenters.